The molecule has 2 radical (unpaired) electrons. The molecule has 0 bridgehead atoms. The second kappa shape index (κ2) is 5.19. The fourth-order valence-corrected chi connectivity index (χ4v) is 0. The molecule has 0 unspecified atom stereocenters. The Morgan fingerprint density at radius 3 is 1.00 bits per heavy atom. The van der Waals surface area contributed by atoms with Gasteiger partial charge in [0.25, 0.3) is 0 Å². The molecule has 0 fully saturated rings. The molecule has 0 rings (SSSR count). The maximum absolute atomic E-state index is 9.86. The zero-order valence-electron chi connectivity index (χ0n) is 2.63. The maximum Gasteiger partial charge on any atom is 0 e. The van der Waals surface area contributed by atoms with E-state index < -0.39 is 21.5 Å². The third-order valence-corrected chi connectivity index (χ3v) is 0. The summed E-state index contributed by atoms with van der Waals surface area (Å²) in [5, 5.41) is 0. The number of hydrogen-bond donors (Lipinski definition) is 0. The first-order valence-corrected chi connectivity index (χ1v) is 3.80. The summed E-state index contributed by atoms with van der Waals surface area (Å²) < 4.78 is 29.6. The predicted octanol–water partition coefficient (Wildman–Crippen LogP) is 0.499. The van der Waals surface area contributed by atoms with Gasteiger partial charge in [0.1, 0.15) is 0 Å². The molecule has 0 saturated carbocycles. The van der Waals surface area contributed by atoms with E-state index in [1.807, 2.05) is 0 Å². The van der Waals surface area contributed by atoms with E-state index >= 15 is 0 Å². The van der Waals surface area contributed by atoms with Gasteiger partial charge in [0.05, 0.1) is 0 Å². The smallest absolute Gasteiger partial charge is 0 e. The molecular formula is F3LiSn. The van der Waals surface area contributed by atoms with E-state index in [0.717, 1.165) is 0 Å². The Bertz CT molecular complexity index is 11.6. The first-order chi connectivity index (χ1) is 1.73. The van der Waals surface area contributed by atoms with Crippen LogP contribution in [0.1, 0.15) is 0 Å². The summed E-state index contributed by atoms with van der Waals surface area (Å²) >= 11 is -5.04. The van der Waals surface area contributed by atoms with Gasteiger partial charge in [0.2, 0.25) is 0 Å². The quantitative estimate of drug-likeness (QED) is 0.479. The maximum atomic E-state index is 9.86. The molecule has 0 amide bonds. The summed E-state index contributed by atoms with van der Waals surface area (Å²) in [7, 11) is 0. The van der Waals surface area contributed by atoms with Crippen LogP contribution in [0.25, 0.3) is 0 Å². The monoisotopic (exact) mass is 184 g/mol. The third-order valence-electron chi connectivity index (χ3n) is 0. The summed E-state index contributed by atoms with van der Waals surface area (Å²) in [6.07, 6.45) is 0. The van der Waals surface area contributed by atoms with Crippen LogP contribution in [-0.2, 0) is 0 Å². The standard InChI is InChI=1S/3FH.Li.Sn/h3*1H;;/q;;;;+3/p-3. The molecule has 26 valence electrons. The van der Waals surface area contributed by atoms with E-state index in [-0.39, 0.29) is 18.9 Å². The topological polar surface area (TPSA) is 0 Å². The van der Waals surface area contributed by atoms with Crippen molar-refractivity contribution < 1.29 is 8.60 Å². The van der Waals surface area contributed by atoms with Crippen LogP contribution in [0.15, 0.2) is 0 Å². The van der Waals surface area contributed by atoms with Crippen molar-refractivity contribution in [2.45, 2.75) is 0 Å². The zero-order valence-corrected chi connectivity index (χ0v) is 5.49. The minimum Gasteiger partial charge on any atom is 0 e. The van der Waals surface area contributed by atoms with E-state index in [0.29, 0.717) is 0 Å². The molecule has 5 heteroatoms. The molecule has 0 atom stereocenters. The molecule has 0 saturated heterocycles. The Labute approximate surface area is 49.0 Å². The summed E-state index contributed by atoms with van der Waals surface area (Å²) in [6, 6.07) is 0. The molecule has 0 aromatic rings. The van der Waals surface area contributed by atoms with Gasteiger partial charge < -0.3 is 0 Å². The zero-order chi connectivity index (χ0) is 3.58. The average molecular weight is 183 g/mol. The van der Waals surface area contributed by atoms with E-state index in [9.17, 15) is 8.60 Å². The largest absolute Gasteiger partial charge is 0 e. The van der Waals surface area contributed by atoms with Crippen LogP contribution in [0.4, 0.5) is 8.60 Å². The molecule has 0 spiro atoms. The summed E-state index contributed by atoms with van der Waals surface area (Å²) in [4.78, 5) is 0. The Balaban J connectivity index is 0. The van der Waals surface area contributed by atoms with Crippen molar-refractivity contribution in [2.24, 2.45) is 0 Å². The van der Waals surface area contributed by atoms with E-state index in [2.05, 4.69) is 0 Å². The van der Waals surface area contributed by atoms with Gasteiger partial charge in [-0.15, -0.1) is 0 Å². The summed E-state index contributed by atoms with van der Waals surface area (Å²) in [5.74, 6) is 0. The van der Waals surface area contributed by atoms with Gasteiger partial charge >= 0.3 is 30.1 Å². The van der Waals surface area contributed by atoms with Crippen molar-refractivity contribution in [3.8, 4) is 0 Å². The van der Waals surface area contributed by atoms with Crippen LogP contribution < -0.4 is 0 Å². The molecule has 0 nitrogen and oxygen atoms in total. The van der Waals surface area contributed by atoms with E-state index in [1.54, 1.807) is 0 Å². The van der Waals surface area contributed by atoms with Crippen LogP contribution in [0.2, 0.25) is 0 Å². The average Bonchev–Trinajstić information content (AvgIpc) is 0.811. The molecule has 0 heterocycles. The van der Waals surface area contributed by atoms with Crippen LogP contribution >= 0.6 is 0 Å². The number of halogens is 3. The predicted molar refractivity (Wildman–Crippen MR) is 14.8 cm³/mol. The molecular weight excluding hydrogens is 183 g/mol. The van der Waals surface area contributed by atoms with Crippen molar-refractivity contribution in [2.75, 3.05) is 0 Å². The van der Waals surface area contributed by atoms with Crippen LogP contribution in [0.5, 0.6) is 0 Å². The Morgan fingerprint density at radius 2 is 1.00 bits per heavy atom. The van der Waals surface area contributed by atoms with Gasteiger partial charge in [0.15, 0.2) is 0 Å². The molecule has 0 aliphatic rings. The fraction of sp³-hybridized carbons (Fsp3) is 0. The van der Waals surface area contributed by atoms with Crippen molar-refractivity contribution in [3.05, 3.63) is 0 Å². The van der Waals surface area contributed by atoms with Crippen molar-refractivity contribution in [1.82, 2.24) is 0 Å². The molecule has 0 N–H and O–H groups in total. The van der Waals surface area contributed by atoms with Crippen molar-refractivity contribution in [3.63, 3.8) is 0 Å². The Morgan fingerprint density at radius 1 is 1.00 bits per heavy atom. The molecule has 0 aromatic heterocycles. The Hall–Kier alpha value is 1.19. The minimum atomic E-state index is -5.04. The van der Waals surface area contributed by atoms with Gasteiger partial charge in [0, 0.05) is 18.9 Å². The van der Waals surface area contributed by atoms with Crippen LogP contribution in [-0.4, -0.2) is 40.3 Å². The van der Waals surface area contributed by atoms with Crippen LogP contribution in [0, 0.1) is 0 Å². The molecule has 5 heavy (non-hydrogen) atoms. The first kappa shape index (κ1) is 9.49. The number of rotatable bonds is 0. The third kappa shape index (κ3) is 37.4. The van der Waals surface area contributed by atoms with Gasteiger partial charge in [-0.05, 0) is 0 Å². The number of hydrogen-bond acceptors (Lipinski definition) is 0. The van der Waals surface area contributed by atoms with E-state index in [1.165, 1.54) is 0 Å². The Kier molecular flexibility index (Phi) is 9.85. The minimum absolute atomic E-state index is 0. The molecule has 0 aromatic carbocycles. The van der Waals surface area contributed by atoms with Gasteiger partial charge in [-0.1, -0.05) is 0 Å². The second-order valence-corrected chi connectivity index (χ2v) is 1.44. The SMILES string of the molecule is [F][Sn]([F])[F].[Li]. The van der Waals surface area contributed by atoms with Gasteiger partial charge in [-0.3, -0.25) is 0 Å². The van der Waals surface area contributed by atoms with E-state index in [4.69, 9.17) is 0 Å². The molecule has 0 aliphatic carbocycles. The first-order valence-electron chi connectivity index (χ1n) is 0.567. The molecule has 0 aliphatic heterocycles. The normalized spacial score (nSPS) is 7.20. The second-order valence-electron chi connectivity index (χ2n) is 0.214. The van der Waals surface area contributed by atoms with Gasteiger partial charge in [-0.2, -0.15) is 0 Å². The van der Waals surface area contributed by atoms with Gasteiger partial charge in [-0.25, -0.2) is 0 Å². The van der Waals surface area contributed by atoms with Crippen molar-refractivity contribution >= 4 is 40.3 Å². The summed E-state index contributed by atoms with van der Waals surface area (Å²) in [6.45, 7) is 0. The van der Waals surface area contributed by atoms with Crippen molar-refractivity contribution in [1.29, 1.82) is 0 Å². The summed E-state index contributed by atoms with van der Waals surface area (Å²) in [5.41, 5.74) is 0. The van der Waals surface area contributed by atoms with Crippen LogP contribution in [0.3, 0.4) is 0 Å². The fourth-order valence-electron chi connectivity index (χ4n) is 0.